The Labute approximate surface area is 107 Å². The SMILES string of the molecule is S=C(Nc1nc2ccccc2[nH]1)c1cnsc1. The first kappa shape index (κ1) is 10.4. The minimum absolute atomic E-state index is 0.623. The molecular weight excluding hydrogens is 252 g/mol. The first-order chi connectivity index (χ1) is 8.33. The van der Waals surface area contributed by atoms with Gasteiger partial charge in [0.15, 0.2) is 0 Å². The van der Waals surface area contributed by atoms with Crippen LogP contribution in [0, 0.1) is 0 Å². The second kappa shape index (κ2) is 4.23. The molecule has 0 aliphatic carbocycles. The van der Waals surface area contributed by atoms with Crippen molar-refractivity contribution in [2.75, 3.05) is 5.32 Å². The monoisotopic (exact) mass is 260 g/mol. The van der Waals surface area contributed by atoms with Crippen LogP contribution in [0.5, 0.6) is 0 Å². The molecule has 84 valence electrons. The summed E-state index contributed by atoms with van der Waals surface area (Å²) in [6, 6.07) is 7.84. The highest BCUT2D eigenvalue weighted by Gasteiger charge is 2.06. The van der Waals surface area contributed by atoms with Crippen LogP contribution in [0.3, 0.4) is 0 Å². The van der Waals surface area contributed by atoms with Gasteiger partial charge in [0.05, 0.1) is 17.2 Å². The summed E-state index contributed by atoms with van der Waals surface area (Å²) in [5.74, 6) is 0.655. The number of rotatable bonds is 2. The number of imidazole rings is 1. The van der Waals surface area contributed by atoms with Crippen molar-refractivity contribution < 1.29 is 0 Å². The number of hydrogen-bond acceptors (Lipinski definition) is 4. The Morgan fingerprint density at radius 3 is 3.00 bits per heavy atom. The molecule has 0 aliphatic rings. The predicted molar refractivity (Wildman–Crippen MR) is 73.5 cm³/mol. The second-order valence-corrected chi connectivity index (χ2v) is 4.54. The molecule has 17 heavy (non-hydrogen) atoms. The summed E-state index contributed by atoms with van der Waals surface area (Å²) in [6.07, 6.45) is 1.74. The molecule has 0 saturated carbocycles. The van der Waals surface area contributed by atoms with Gasteiger partial charge in [0.25, 0.3) is 0 Å². The average molecular weight is 260 g/mol. The second-order valence-electron chi connectivity index (χ2n) is 3.47. The molecule has 0 atom stereocenters. The molecule has 0 aliphatic heterocycles. The lowest BCUT2D eigenvalue weighted by molar-refractivity contribution is 1.33. The summed E-state index contributed by atoms with van der Waals surface area (Å²) in [5, 5.41) is 4.97. The third-order valence-electron chi connectivity index (χ3n) is 2.32. The number of hydrogen-bond donors (Lipinski definition) is 2. The summed E-state index contributed by atoms with van der Waals surface area (Å²) >= 11 is 6.63. The zero-order valence-electron chi connectivity index (χ0n) is 8.68. The number of nitrogens with one attached hydrogen (secondary N) is 2. The van der Waals surface area contributed by atoms with Gasteiger partial charge >= 0.3 is 0 Å². The molecule has 3 aromatic rings. The van der Waals surface area contributed by atoms with Crippen LogP contribution in [0.4, 0.5) is 5.95 Å². The fourth-order valence-electron chi connectivity index (χ4n) is 1.51. The van der Waals surface area contributed by atoms with Crippen LogP contribution in [-0.4, -0.2) is 19.3 Å². The number of benzene rings is 1. The van der Waals surface area contributed by atoms with E-state index >= 15 is 0 Å². The van der Waals surface area contributed by atoms with Crippen LogP contribution in [0.2, 0.25) is 0 Å². The van der Waals surface area contributed by atoms with Crippen LogP contribution in [0.15, 0.2) is 35.8 Å². The first-order valence-corrected chi connectivity index (χ1v) is 6.23. The molecule has 4 nitrogen and oxygen atoms in total. The number of aromatic nitrogens is 3. The van der Waals surface area contributed by atoms with Crippen LogP contribution in [0.25, 0.3) is 11.0 Å². The standard InChI is InChI=1S/C11H8N4S2/c16-10(7-5-12-17-6-7)15-11-13-8-3-1-2-4-9(8)14-11/h1-6H,(H2,13,14,15,16). The lowest BCUT2D eigenvalue weighted by Gasteiger charge is -2.00. The zero-order valence-corrected chi connectivity index (χ0v) is 10.3. The Hall–Kier alpha value is -1.79. The number of para-hydroxylation sites is 2. The highest BCUT2D eigenvalue weighted by atomic mass is 32.1. The maximum Gasteiger partial charge on any atom is 0.206 e. The van der Waals surface area contributed by atoms with E-state index < -0.39 is 0 Å². The summed E-state index contributed by atoms with van der Waals surface area (Å²) in [6.45, 7) is 0. The van der Waals surface area contributed by atoms with E-state index in [1.54, 1.807) is 6.20 Å². The number of aromatic amines is 1. The van der Waals surface area contributed by atoms with E-state index in [9.17, 15) is 0 Å². The van der Waals surface area contributed by atoms with Gasteiger partial charge in [-0.2, -0.15) is 0 Å². The molecular formula is C11H8N4S2. The first-order valence-electron chi connectivity index (χ1n) is 4.98. The molecule has 6 heteroatoms. The Morgan fingerprint density at radius 1 is 1.35 bits per heavy atom. The van der Waals surface area contributed by atoms with E-state index in [-0.39, 0.29) is 0 Å². The van der Waals surface area contributed by atoms with Gasteiger partial charge in [0, 0.05) is 10.9 Å². The molecule has 3 rings (SSSR count). The van der Waals surface area contributed by atoms with Crippen molar-refractivity contribution in [2.45, 2.75) is 0 Å². The van der Waals surface area contributed by atoms with Gasteiger partial charge in [-0.3, -0.25) is 0 Å². The minimum atomic E-state index is 0.623. The summed E-state index contributed by atoms with van der Waals surface area (Å²) < 4.78 is 4.01. The Kier molecular flexibility index (Phi) is 2.58. The molecule has 0 fully saturated rings. The van der Waals surface area contributed by atoms with Gasteiger partial charge in [-0.25, -0.2) is 9.36 Å². The van der Waals surface area contributed by atoms with Crippen molar-refractivity contribution in [2.24, 2.45) is 0 Å². The summed E-state index contributed by atoms with van der Waals surface area (Å²) in [4.78, 5) is 8.18. The van der Waals surface area contributed by atoms with E-state index in [1.807, 2.05) is 29.6 Å². The van der Waals surface area contributed by atoms with Crippen LogP contribution in [-0.2, 0) is 0 Å². The van der Waals surface area contributed by atoms with Crippen LogP contribution < -0.4 is 5.32 Å². The zero-order chi connectivity index (χ0) is 11.7. The molecule has 2 aromatic heterocycles. The van der Waals surface area contributed by atoms with Crippen molar-refractivity contribution in [3.63, 3.8) is 0 Å². The number of thiocarbonyl (C=S) groups is 1. The lowest BCUT2D eigenvalue weighted by Crippen LogP contribution is -2.10. The molecule has 1 aromatic carbocycles. The van der Waals surface area contributed by atoms with Crippen molar-refractivity contribution in [1.82, 2.24) is 14.3 Å². The molecule has 0 unspecified atom stereocenters. The molecule has 2 N–H and O–H groups in total. The normalized spacial score (nSPS) is 10.6. The fraction of sp³-hybridized carbons (Fsp3) is 0. The molecule has 0 amide bonds. The number of H-pyrrole nitrogens is 1. The molecule has 2 heterocycles. The lowest BCUT2D eigenvalue weighted by atomic mass is 10.3. The average Bonchev–Trinajstić information content (AvgIpc) is 2.97. The minimum Gasteiger partial charge on any atom is -0.324 e. The maximum atomic E-state index is 5.26. The van der Waals surface area contributed by atoms with Crippen molar-refractivity contribution in [3.05, 3.63) is 41.4 Å². The highest BCUT2D eigenvalue weighted by Crippen LogP contribution is 2.14. The van der Waals surface area contributed by atoms with Gasteiger partial charge in [0.1, 0.15) is 4.99 Å². The fourth-order valence-corrected chi connectivity index (χ4v) is 2.32. The highest BCUT2D eigenvalue weighted by molar-refractivity contribution is 7.81. The summed E-state index contributed by atoms with van der Waals surface area (Å²) in [5.41, 5.74) is 2.81. The van der Waals surface area contributed by atoms with Gasteiger partial charge in [-0.05, 0) is 23.7 Å². The Balaban J connectivity index is 1.88. The van der Waals surface area contributed by atoms with Gasteiger partial charge in [-0.15, -0.1) is 0 Å². The number of fused-ring (bicyclic) bond motifs is 1. The largest absolute Gasteiger partial charge is 0.324 e. The molecule has 0 bridgehead atoms. The summed E-state index contributed by atoms with van der Waals surface area (Å²) in [7, 11) is 0. The van der Waals surface area contributed by atoms with Gasteiger partial charge < -0.3 is 10.3 Å². The van der Waals surface area contributed by atoms with Crippen LogP contribution >= 0.6 is 23.8 Å². The molecule has 0 spiro atoms. The maximum absolute atomic E-state index is 5.26. The number of anilines is 1. The van der Waals surface area contributed by atoms with Crippen molar-refractivity contribution in [1.29, 1.82) is 0 Å². The van der Waals surface area contributed by atoms with E-state index in [0.29, 0.717) is 10.9 Å². The van der Waals surface area contributed by atoms with E-state index in [4.69, 9.17) is 12.2 Å². The molecule has 0 radical (unpaired) electrons. The third kappa shape index (κ3) is 2.04. The van der Waals surface area contributed by atoms with E-state index in [1.165, 1.54) is 11.5 Å². The quantitative estimate of drug-likeness (QED) is 0.696. The van der Waals surface area contributed by atoms with E-state index in [2.05, 4.69) is 19.7 Å². The smallest absolute Gasteiger partial charge is 0.206 e. The van der Waals surface area contributed by atoms with E-state index in [0.717, 1.165) is 16.6 Å². The Morgan fingerprint density at radius 2 is 2.24 bits per heavy atom. The number of nitrogens with zero attached hydrogens (tertiary/aromatic N) is 2. The predicted octanol–water partition coefficient (Wildman–Crippen LogP) is 2.81. The van der Waals surface area contributed by atoms with Crippen molar-refractivity contribution in [3.8, 4) is 0 Å². The van der Waals surface area contributed by atoms with Crippen molar-refractivity contribution >= 4 is 45.7 Å². The Bertz CT molecular complexity index is 624. The van der Waals surface area contributed by atoms with Crippen LogP contribution in [0.1, 0.15) is 5.56 Å². The third-order valence-corrected chi connectivity index (χ3v) is 3.24. The van der Waals surface area contributed by atoms with Gasteiger partial charge in [0.2, 0.25) is 5.95 Å². The molecule has 0 saturated heterocycles. The topological polar surface area (TPSA) is 53.6 Å². The van der Waals surface area contributed by atoms with Gasteiger partial charge in [-0.1, -0.05) is 24.4 Å².